The van der Waals surface area contributed by atoms with E-state index in [0.29, 0.717) is 0 Å². The summed E-state index contributed by atoms with van der Waals surface area (Å²) in [4.78, 5) is 8.73. The molecule has 0 aliphatic heterocycles. The average molecular weight is 302 g/mol. The summed E-state index contributed by atoms with van der Waals surface area (Å²) in [5, 5.41) is 12.4. The Labute approximate surface area is 111 Å². The quantitative estimate of drug-likeness (QED) is 0.600. The van der Waals surface area contributed by atoms with Crippen LogP contribution < -0.4 is 5.32 Å². The molecule has 0 aliphatic carbocycles. The maximum absolute atomic E-state index is 9.15. The van der Waals surface area contributed by atoms with Gasteiger partial charge < -0.3 is 10.4 Å². The van der Waals surface area contributed by atoms with Gasteiger partial charge in [0.1, 0.15) is 16.2 Å². The van der Waals surface area contributed by atoms with Gasteiger partial charge in [0.25, 0.3) is 0 Å². The van der Waals surface area contributed by atoms with Gasteiger partial charge in [-0.25, -0.2) is 9.97 Å². The summed E-state index contributed by atoms with van der Waals surface area (Å²) in [5.41, 5.74) is 0. The molecule has 2 N–H and O–H groups in total. The summed E-state index contributed by atoms with van der Waals surface area (Å²) in [6.45, 7) is 4.74. The van der Waals surface area contributed by atoms with Gasteiger partial charge in [-0.1, -0.05) is 6.92 Å². The number of anilines is 1. The molecule has 17 heavy (non-hydrogen) atoms. The molecule has 1 unspecified atom stereocenters. The van der Waals surface area contributed by atoms with Gasteiger partial charge in [-0.2, -0.15) is 0 Å². The lowest BCUT2D eigenvalue weighted by molar-refractivity contribution is 0.183. The van der Waals surface area contributed by atoms with Crippen LogP contribution >= 0.6 is 15.9 Å². The van der Waals surface area contributed by atoms with E-state index in [-0.39, 0.29) is 6.10 Å². The Morgan fingerprint density at radius 3 is 2.88 bits per heavy atom. The lowest BCUT2D eigenvalue weighted by Gasteiger charge is -2.08. The van der Waals surface area contributed by atoms with E-state index in [0.717, 1.165) is 48.5 Å². The predicted octanol–water partition coefficient (Wildman–Crippen LogP) is 2.76. The summed E-state index contributed by atoms with van der Waals surface area (Å²) >= 11 is 3.38. The standard InChI is InChI=1S/C12H20BrN3O/c1-3-5-11-15-10(13)8-12(16-11)14-7-4-6-9(2)17/h8-9,17H,3-7H2,1-2H3,(H,14,15,16). The molecule has 0 aliphatic rings. The molecule has 1 aromatic heterocycles. The maximum atomic E-state index is 9.15. The van der Waals surface area contributed by atoms with Crippen molar-refractivity contribution in [3.05, 3.63) is 16.5 Å². The zero-order chi connectivity index (χ0) is 12.7. The largest absolute Gasteiger partial charge is 0.393 e. The highest BCUT2D eigenvalue weighted by molar-refractivity contribution is 9.10. The van der Waals surface area contributed by atoms with Crippen LogP contribution in [0.3, 0.4) is 0 Å². The minimum Gasteiger partial charge on any atom is -0.393 e. The van der Waals surface area contributed by atoms with E-state index < -0.39 is 0 Å². The minimum atomic E-state index is -0.232. The molecule has 0 aromatic carbocycles. The van der Waals surface area contributed by atoms with Gasteiger partial charge in [-0.05, 0) is 42.1 Å². The topological polar surface area (TPSA) is 58.0 Å². The monoisotopic (exact) mass is 301 g/mol. The van der Waals surface area contributed by atoms with Crippen molar-refractivity contribution in [1.29, 1.82) is 0 Å². The maximum Gasteiger partial charge on any atom is 0.132 e. The first-order chi connectivity index (χ1) is 8.11. The zero-order valence-corrected chi connectivity index (χ0v) is 12.0. The zero-order valence-electron chi connectivity index (χ0n) is 10.4. The third-order valence-corrected chi connectivity index (χ3v) is 2.73. The molecule has 96 valence electrons. The molecule has 0 radical (unpaired) electrons. The average Bonchev–Trinajstić information content (AvgIpc) is 2.24. The number of aryl methyl sites for hydroxylation is 1. The normalized spacial score (nSPS) is 12.5. The van der Waals surface area contributed by atoms with Gasteiger partial charge in [0.05, 0.1) is 6.10 Å². The van der Waals surface area contributed by atoms with Crippen LogP contribution in [0, 0.1) is 0 Å². The Bertz CT molecular complexity index is 345. The molecule has 1 aromatic rings. The molecule has 4 nitrogen and oxygen atoms in total. The fourth-order valence-electron chi connectivity index (χ4n) is 1.50. The second-order valence-electron chi connectivity index (χ2n) is 4.16. The van der Waals surface area contributed by atoms with Crippen LogP contribution in [0.25, 0.3) is 0 Å². The van der Waals surface area contributed by atoms with Crippen molar-refractivity contribution < 1.29 is 5.11 Å². The summed E-state index contributed by atoms with van der Waals surface area (Å²) in [6, 6.07) is 1.88. The number of hydrogen-bond donors (Lipinski definition) is 2. The van der Waals surface area contributed by atoms with E-state index in [9.17, 15) is 0 Å². The van der Waals surface area contributed by atoms with E-state index in [1.807, 2.05) is 6.07 Å². The van der Waals surface area contributed by atoms with Crippen LogP contribution in [0.1, 0.15) is 38.9 Å². The Hall–Kier alpha value is -0.680. The number of halogens is 1. The van der Waals surface area contributed by atoms with Crippen molar-refractivity contribution in [1.82, 2.24) is 9.97 Å². The molecular weight excluding hydrogens is 282 g/mol. The van der Waals surface area contributed by atoms with Crippen LogP contribution in [0.15, 0.2) is 10.7 Å². The minimum absolute atomic E-state index is 0.232. The predicted molar refractivity (Wildman–Crippen MR) is 73.1 cm³/mol. The third-order valence-electron chi connectivity index (χ3n) is 2.32. The van der Waals surface area contributed by atoms with Crippen molar-refractivity contribution >= 4 is 21.7 Å². The molecule has 1 atom stereocenters. The Morgan fingerprint density at radius 2 is 2.24 bits per heavy atom. The summed E-state index contributed by atoms with van der Waals surface area (Å²) in [6.07, 6.45) is 3.44. The van der Waals surface area contributed by atoms with Crippen molar-refractivity contribution in [3.63, 3.8) is 0 Å². The SMILES string of the molecule is CCCc1nc(Br)cc(NCCCC(C)O)n1. The van der Waals surface area contributed by atoms with Crippen LogP contribution in [0.4, 0.5) is 5.82 Å². The molecule has 0 saturated heterocycles. The van der Waals surface area contributed by atoms with E-state index in [1.54, 1.807) is 6.92 Å². The number of rotatable bonds is 7. The molecule has 0 bridgehead atoms. The molecule has 1 heterocycles. The number of hydrogen-bond acceptors (Lipinski definition) is 4. The summed E-state index contributed by atoms with van der Waals surface area (Å²) in [7, 11) is 0. The molecule has 0 spiro atoms. The molecule has 5 heteroatoms. The van der Waals surface area contributed by atoms with Crippen molar-refractivity contribution in [3.8, 4) is 0 Å². The first-order valence-electron chi connectivity index (χ1n) is 6.07. The third kappa shape index (κ3) is 5.98. The van der Waals surface area contributed by atoms with Gasteiger partial charge in [-0.3, -0.25) is 0 Å². The second-order valence-corrected chi connectivity index (χ2v) is 4.97. The van der Waals surface area contributed by atoms with Crippen LogP contribution in [0.2, 0.25) is 0 Å². The molecule has 0 fully saturated rings. The van der Waals surface area contributed by atoms with E-state index in [1.165, 1.54) is 0 Å². The Kier molecular flexibility index (Phi) is 6.44. The Balaban J connectivity index is 2.46. The molecule has 0 amide bonds. The fourth-order valence-corrected chi connectivity index (χ4v) is 1.93. The van der Waals surface area contributed by atoms with E-state index in [4.69, 9.17) is 5.11 Å². The van der Waals surface area contributed by atoms with Crippen molar-refractivity contribution in [2.24, 2.45) is 0 Å². The second kappa shape index (κ2) is 7.61. The number of aromatic nitrogens is 2. The highest BCUT2D eigenvalue weighted by Crippen LogP contribution is 2.13. The molecule has 1 rings (SSSR count). The van der Waals surface area contributed by atoms with Crippen molar-refractivity contribution in [2.45, 2.75) is 45.6 Å². The summed E-state index contributed by atoms with van der Waals surface area (Å²) in [5.74, 6) is 1.71. The van der Waals surface area contributed by atoms with Gasteiger partial charge in [0, 0.05) is 19.0 Å². The number of nitrogens with one attached hydrogen (secondary N) is 1. The first-order valence-corrected chi connectivity index (χ1v) is 6.86. The van der Waals surface area contributed by atoms with Gasteiger partial charge in [0.2, 0.25) is 0 Å². The molecular formula is C12H20BrN3O. The highest BCUT2D eigenvalue weighted by atomic mass is 79.9. The number of aliphatic hydroxyl groups excluding tert-OH is 1. The van der Waals surface area contributed by atoms with Gasteiger partial charge in [0.15, 0.2) is 0 Å². The van der Waals surface area contributed by atoms with Gasteiger partial charge in [-0.15, -0.1) is 0 Å². The smallest absolute Gasteiger partial charge is 0.132 e. The molecule has 0 saturated carbocycles. The number of aliphatic hydroxyl groups is 1. The van der Waals surface area contributed by atoms with Crippen LogP contribution in [0.5, 0.6) is 0 Å². The van der Waals surface area contributed by atoms with Crippen LogP contribution in [-0.4, -0.2) is 27.7 Å². The highest BCUT2D eigenvalue weighted by Gasteiger charge is 2.02. The first kappa shape index (κ1) is 14.4. The fraction of sp³-hybridized carbons (Fsp3) is 0.667. The lowest BCUT2D eigenvalue weighted by Crippen LogP contribution is -2.09. The Morgan fingerprint density at radius 1 is 1.47 bits per heavy atom. The lowest BCUT2D eigenvalue weighted by atomic mass is 10.2. The summed E-state index contributed by atoms with van der Waals surface area (Å²) < 4.78 is 0.814. The van der Waals surface area contributed by atoms with Crippen molar-refractivity contribution in [2.75, 3.05) is 11.9 Å². The van der Waals surface area contributed by atoms with Crippen LogP contribution in [-0.2, 0) is 6.42 Å². The van der Waals surface area contributed by atoms with E-state index in [2.05, 4.69) is 38.1 Å². The number of nitrogens with zero attached hydrogens (tertiary/aromatic N) is 2. The van der Waals surface area contributed by atoms with Gasteiger partial charge >= 0.3 is 0 Å². The van der Waals surface area contributed by atoms with E-state index >= 15 is 0 Å².